The fourth-order valence-corrected chi connectivity index (χ4v) is 3.44. The van der Waals surface area contributed by atoms with E-state index < -0.39 is 0 Å². The van der Waals surface area contributed by atoms with E-state index in [0.29, 0.717) is 11.6 Å². The first kappa shape index (κ1) is 13.4. The van der Waals surface area contributed by atoms with E-state index in [4.69, 9.17) is 0 Å². The molecule has 108 valence electrons. The molecule has 1 aromatic carbocycles. The van der Waals surface area contributed by atoms with Crippen LogP contribution in [0.25, 0.3) is 0 Å². The van der Waals surface area contributed by atoms with Gasteiger partial charge in [0.15, 0.2) is 0 Å². The average Bonchev–Trinajstić information content (AvgIpc) is 2.46. The van der Waals surface area contributed by atoms with E-state index in [1.54, 1.807) is 24.3 Å². The van der Waals surface area contributed by atoms with Crippen LogP contribution in [0.4, 0.5) is 0 Å². The Kier molecular flexibility index (Phi) is 3.66. The molecule has 0 bridgehead atoms. The van der Waals surface area contributed by atoms with Gasteiger partial charge in [-0.25, -0.2) is 0 Å². The number of para-hydroxylation sites is 1. The monoisotopic (exact) mass is 274 g/mol. The summed E-state index contributed by atoms with van der Waals surface area (Å²) in [7, 11) is 0. The Hall–Kier alpha value is -1.55. The van der Waals surface area contributed by atoms with E-state index in [0.717, 1.165) is 19.6 Å². The number of nitrogens with zero attached hydrogens (tertiary/aromatic N) is 2. The standard InChI is InChI=1S/C16H22N2O2/c1-12-10-17-9-5-4-6-13(17)11-18(12)16(20)14-7-2-3-8-15(14)19/h2-3,7-8,12-13,19H,4-6,9-11H2,1H3. The first-order valence-corrected chi connectivity index (χ1v) is 7.50. The minimum Gasteiger partial charge on any atom is -0.507 e. The van der Waals surface area contributed by atoms with Gasteiger partial charge in [0, 0.05) is 25.2 Å². The highest BCUT2D eigenvalue weighted by atomic mass is 16.3. The highest BCUT2D eigenvalue weighted by molar-refractivity contribution is 5.97. The summed E-state index contributed by atoms with van der Waals surface area (Å²) in [5, 5.41) is 9.87. The number of aromatic hydroxyl groups is 1. The molecule has 20 heavy (non-hydrogen) atoms. The molecule has 1 aromatic rings. The molecule has 0 aliphatic carbocycles. The van der Waals surface area contributed by atoms with Crippen LogP contribution >= 0.6 is 0 Å². The van der Waals surface area contributed by atoms with Crippen molar-refractivity contribution < 1.29 is 9.90 Å². The Bertz CT molecular complexity index is 503. The number of benzene rings is 1. The highest BCUT2D eigenvalue weighted by Crippen LogP contribution is 2.26. The number of amides is 1. The molecule has 4 nitrogen and oxygen atoms in total. The lowest BCUT2D eigenvalue weighted by atomic mass is 9.96. The van der Waals surface area contributed by atoms with Gasteiger partial charge in [-0.2, -0.15) is 0 Å². The average molecular weight is 274 g/mol. The van der Waals surface area contributed by atoms with Crippen LogP contribution in [-0.4, -0.2) is 52.5 Å². The Balaban J connectivity index is 1.79. The number of piperidine rings is 1. The third kappa shape index (κ3) is 2.40. The van der Waals surface area contributed by atoms with E-state index in [-0.39, 0.29) is 17.7 Å². The third-order valence-electron chi connectivity index (χ3n) is 4.58. The van der Waals surface area contributed by atoms with Crippen molar-refractivity contribution in [3.05, 3.63) is 29.8 Å². The van der Waals surface area contributed by atoms with Crippen molar-refractivity contribution in [1.29, 1.82) is 0 Å². The van der Waals surface area contributed by atoms with E-state index in [1.807, 2.05) is 4.90 Å². The SMILES string of the molecule is CC1CN2CCCCC2CN1C(=O)c1ccccc1O. The van der Waals surface area contributed by atoms with Crippen molar-refractivity contribution in [3.8, 4) is 5.75 Å². The molecular formula is C16H22N2O2. The molecule has 2 aliphatic rings. The molecule has 0 saturated carbocycles. The highest BCUT2D eigenvalue weighted by Gasteiger charge is 2.35. The second kappa shape index (κ2) is 5.44. The summed E-state index contributed by atoms with van der Waals surface area (Å²) in [4.78, 5) is 17.1. The number of phenolic OH excluding ortho intramolecular Hbond substituents is 1. The van der Waals surface area contributed by atoms with Crippen molar-refractivity contribution in [2.24, 2.45) is 0 Å². The minimum atomic E-state index is -0.0409. The summed E-state index contributed by atoms with van der Waals surface area (Å²) in [5.41, 5.74) is 0.420. The molecule has 2 heterocycles. The largest absolute Gasteiger partial charge is 0.507 e. The van der Waals surface area contributed by atoms with Crippen molar-refractivity contribution >= 4 is 5.91 Å². The number of carbonyl (C=O) groups is 1. The van der Waals surface area contributed by atoms with Crippen molar-refractivity contribution in [1.82, 2.24) is 9.80 Å². The molecule has 2 unspecified atom stereocenters. The molecule has 1 amide bonds. The van der Waals surface area contributed by atoms with Crippen molar-refractivity contribution in [3.63, 3.8) is 0 Å². The molecule has 2 aliphatic heterocycles. The summed E-state index contributed by atoms with van der Waals surface area (Å²) in [5.74, 6) is 0.0385. The topological polar surface area (TPSA) is 43.8 Å². The van der Waals surface area contributed by atoms with Crippen LogP contribution in [0.3, 0.4) is 0 Å². The van der Waals surface area contributed by atoms with Gasteiger partial charge in [0.1, 0.15) is 5.75 Å². The van der Waals surface area contributed by atoms with Gasteiger partial charge < -0.3 is 10.0 Å². The lowest BCUT2D eigenvalue weighted by Gasteiger charge is -2.47. The van der Waals surface area contributed by atoms with E-state index >= 15 is 0 Å². The second-order valence-electron chi connectivity index (χ2n) is 5.97. The molecule has 2 fully saturated rings. The molecule has 1 N–H and O–H groups in total. The molecule has 2 saturated heterocycles. The van der Waals surface area contributed by atoms with E-state index in [9.17, 15) is 9.90 Å². The summed E-state index contributed by atoms with van der Waals surface area (Å²) >= 11 is 0. The van der Waals surface area contributed by atoms with E-state index in [1.165, 1.54) is 19.3 Å². The zero-order chi connectivity index (χ0) is 14.1. The number of hydrogen-bond acceptors (Lipinski definition) is 3. The van der Waals surface area contributed by atoms with Gasteiger partial charge in [-0.15, -0.1) is 0 Å². The van der Waals surface area contributed by atoms with Crippen molar-refractivity contribution in [2.45, 2.75) is 38.3 Å². The number of hydrogen-bond donors (Lipinski definition) is 1. The number of phenols is 1. The van der Waals surface area contributed by atoms with Gasteiger partial charge in [0.25, 0.3) is 5.91 Å². The maximum Gasteiger partial charge on any atom is 0.257 e. The minimum absolute atomic E-state index is 0.0409. The smallest absolute Gasteiger partial charge is 0.257 e. The number of rotatable bonds is 1. The van der Waals surface area contributed by atoms with Crippen molar-refractivity contribution in [2.75, 3.05) is 19.6 Å². The van der Waals surface area contributed by atoms with Crippen LogP contribution in [0.5, 0.6) is 5.75 Å². The van der Waals surface area contributed by atoms with Crippen LogP contribution < -0.4 is 0 Å². The molecule has 2 atom stereocenters. The van der Waals surface area contributed by atoms with Crippen LogP contribution in [-0.2, 0) is 0 Å². The number of piperazine rings is 1. The number of carbonyl (C=O) groups excluding carboxylic acids is 1. The lowest BCUT2D eigenvalue weighted by Crippen LogP contribution is -2.60. The molecule has 0 spiro atoms. The normalized spacial score (nSPS) is 27.1. The van der Waals surface area contributed by atoms with Gasteiger partial charge in [-0.05, 0) is 38.4 Å². The van der Waals surface area contributed by atoms with Gasteiger partial charge in [-0.3, -0.25) is 9.69 Å². The van der Waals surface area contributed by atoms with Gasteiger partial charge >= 0.3 is 0 Å². The predicted molar refractivity (Wildman–Crippen MR) is 77.8 cm³/mol. The first-order chi connectivity index (χ1) is 9.66. The quantitative estimate of drug-likeness (QED) is 0.853. The van der Waals surface area contributed by atoms with E-state index in [2.05, 4.69) is 11.8 Å². The Morgan fingerprint density at radius 1 is 1.25 bits per heavy atom. The molecular weight excluding hydrogens is 252 g/mol. The fraction of sp³-hybridized carbons (Fsp3) is 0.562. The van der Waals surface area contributed by atoms with Crippen LogP contribution in [0.1, 0.15) is 36.5 Å². The Morgan fingerprint density at radius 2 is 2.05 bits per heavy atom. The summed E-state index contributed by atoms with van der Waals surface area (Å²) < 4.78 is 0. The fourth-order valence-electron chi connectivity index (χ4n) is 3.44. The Labute approximate surface area is 120 Å². The summed E-state index contributed by atoms with van der Waals surface area (Å²) in [6.45, 7) is 4.99. The predicted octanol–water partition coefficient (Wildman–Crippen LogP) is 2.09. The summed E-state index contributed by atoms with van der Waals surface area (Å²) in [6.07, 6.45) is 3.71. The maximum absolute atomic E-state index is 12.7. The van der Waals surface area contributed by atoms with Crippen LogP contribution in [0.15, 0.2) is 24.3 Å². The number of fused-ring (bicyclic) bond motifs is 1. The van der Waals surface area contributed by atoms with Crippen LogP contribution in [0, 0.1) is 0 Å². The van der Waals surface area contributed by atoms with Gasteiger partial charge in [-0.1, -0.05) is 18.6 Å². The zero-order valence-corrected chi connectivity index (χ0v) is 12.0. The van der Waals surface area contributed by atoms with Gasteiger partial charge in [0.05, 0.1) is 5.56 Å². The molecule has 4 heteroatoms. The maximum atomic E-state index is 12.7. The van der Waals surface area contributed by atoms with Crippen LogP contribution in [0.2, 0.25) is 0 Å². The molecule has 0 aromatic heterocycles. The third-order valence-corrected chi connectivity index (χ3v) is 4.58. The molecule has 0 radical (unpaired) electrons. The summed E-state index contributed by atoms with van der Waals surface area (Å²) in [6, 6.07) is 7.53. The zero-order valence-electron chi connectivity index (χ0n) is 12.0. The second-order valence-corrected chi connectivity index (χ2v) is 5.97. The van der Waals surface area contributed by atoms with Gasteiger partial charge in [0.2, 0.25) is 0 Å². The Morgan fingerprint density at radius 3 is 2.85 bits per heavy atom. The lowest BCUT2D eigenvalue weighted by molar-refractivity contribution is 0.0150. The first-order valence-electron chi connectivity index (χ1n) is 7.50. The molecule has 3 rings (SSSR count).